The van der Waals surface area contributed by atoms with Crippen molar-refractivity contribution in [1.82, 2.24) is 9.62 Å². The van der Waals surface area contributed by atoms with E-state index in [9.17, 15) is 8.42 Å². The Kier molecular flexibility index (Phi) is 4.69. The molecule has 2 aliphatic carbocycles. The van der Waals surface area contributed by atoms with E-state index in [1.54, 1.807) is 21.0 Å². The molecule has 6 heteroatoms. The standard InChI is InChI=1S/C15H24N2O2S2/c1-2-17(13-5-3-4-6-13)21(18,19)15-9-14(20-11-15)10-16-12-7-8-12/h9,11-13,16H,2-8,10H2,1H3. The smallest absolute Gasteiger partial charge is 0.244 e. The Hall–Kier alpha value is -0.430. The maximum atomic E-state index is 12.8. The predicted molar refractivity (Wildman–Crippen MR) is 86.0 cm³/mol. The normalized spacial score (nSPS) is 20.5. The molecule has 1 aromatic rings. The largest absolute Gasteiger partial charge is 0.309 e. The van der Waals surface area contributed by atoms with Crippen molar-refractivity contribution in [2.45, 2.75) is 69.0 Å². The van der Waals surface area contributed by atoms with Gasteiger partial charge in [-0.05, 0) is 31.7 Å². The van der Waals surface area contributed by atoms with Crippen molar-refractivity contribution in [1.29, 1.82) is 0 Å². The molecular formula is C15H24N2O2S2. The van der Waals surface area contributed by atoms with Crippen LogP contribution in [0.1, 0.15) is 50.3 Å². The number of hydrogen-bond acceptors (Lipinski definition) is 4. The second-order valence-corrected chi connectivity index (χ2v) is 8.94. The summed E-state index contributed by atoms with van der Waals surface area (Å²) >= 11 is 1.55. The molecule has 0 spiro atoms. The third-order valence-electron chi connectivity index (χ3n) is 4.42. The van der Waals surface area contributed by atoms with Gasteiger partial charge in [0.05, 0.1) is 4.90 Å². The molecule has 118 valence electrons. The van der Waals surface area contributed by atoms with E-state index in [1.165, 1.54) is 12.8 Å². The molecule has 0 aliphatic heterocycles. The first-order chi connectivity index (χ1) is 10.1. The van der Waals surface area contributed by atoms with E-state index in [1.807, 2.05) is 13.0 Å². The molecular weight excluding hydrogens is 304 g/mol. The van der Waals surface area contributed by atoms with E-state index in [4.69, 9.17) is 0 Å². The average molecular weight is 329 g/mol. The first kappa shape index (κ1) is 15.5. The van der Waals surface area contributed by atoms with Gasteiger partial charge >= 0.3 is 0 Å². The van der Waals surface area contributed by atoms with Crippen LogP contribution in [0.2, 0.25) is 0 Å². The van der Waals surface area contributed by atoms with Crippen LogP contribution in [0.3, 0.4) is 0 Å². The Bertz CT molecular complexity index is 572. The van der Waals surface area contributed by atoms with E-state index < -0.39 is 10.0 Å². The molecule has 0 aromatic carbocycles. The molecule has 2 saturated carbocycles. The summed E-state index contributed by atoms with van der Waals surface area (Å²) in [6.45, 7) is 3.30. The lowest BCUT2D eigenvalue weighted by Crippen LogP contribution is -2.38. The molecule has 21 heavy (non-hydrogen) atoms. The first-order valence-electron chi connectivity index (χ1n) is 7.94. The first-order valence-corrected chi connectivity index (χ1v) is 10.3. The Labute approximate surface area is 131 Å². The van der Waals surface area contributed by atoms with Crippen molar-refractivity contribution in [3.05, 3.63) is 16.3 Å². The number of hydrogen-bond donors (Lipinski definition) is 1. The number of nitrogens with zero attached hydrogens (tertiary/aromatic N) is 1. The summed E-state index contributed by atoms with van der Waals surface area (Å²) in [5, 5.41) is 5.24. The highest BCUT2D eigenvalue weighted by molar-refractivity contribution is 7.89. The maximum absolute atomic E-state index is 12.8. The minimum Gasteiger partial charge on any atom is -0.309 e. The van der Waals surface area contributed by atoms with E-state index >= 15 is 0 Å². The second-order valence-electron chi connectivity index (χ2n) is 6.05. The molecule has 0 atom stereocenters. The van der Waals surface area contributed by atoms with Crippen LogP contribution in [0.5, 0.6) is 0 Å². The predicted octanol–water partition coefficient (Wildman–Crippen LogP) is 2.95. The van der Waals surface area contributed by atoms with Crippen molar-refractivity contribution < 1.29 is 8.42 Å². The number of sulfonamides is 1. The van der Waals surface area contributed by atoms with Crippen LogP contribution in [0.15, 0.2) is 16.3 Å². The van der Waals surface area contributed by atoms with Gasteiger partial charge in [0.1, 0.15) is 0 Å². The van der Waals surface area contributed by atoms with Crippen molar-refractivity contribution >= 4 is 21.4 Å². The molecule has 3 rings (SSSR count). The highest BCUT2D eigenvalue weighted by Gasteiger charge is 2.32. The van der Waals surface area contributed by atoms with Crippen LogP contribution in [-0.4, -0.2) is 31.4 Å². The Morgan fingerprint density at radius 2 is 2.00 bits per heavy atom. The van der Waals surface area contributed by atoms with Gasteiger partial charge in [-0.1, -0.05) is 19.8 Å². The van der Waals surface area contributed by atoms with Crippen LogP contribution >= 0.6 is 11.3 Å². The van der Waals surface area contributed by atoms with E-state index in [2.05, 4.69) is 5.32 Å². The van der Waals surface area contributed by atoms with Crippen molar-refractivity contribution in [3.63, 3.8) is 0 Å². The van der Waals surface area contributed by atoms with Gasteiger partial charge in [0.15, 0.2) is 0 Å². The SMILES string of the molecule is CCN(C1CCCC1)S(=O)(=O)c1csc(CNC2CC2)c1. The van der Waals surface area contributed by atoms with Crippen LogP contribution in [0.4, 0.5) is 0 Å². The lowest BCUT2D eigenvalue weighted by Gasteiger charge is -2.26. The van der Waals surface area contributed by atoms with Crippen molar-refractivity contribution in [2.75, 3.05) is 6.54 Å². The number of thiophene rings is 1. The summed E-state index contributed by atoms with van der Waals surface area (Å²) in [5.41, 5.74) is 0. The van der Waals surface area contributed by atoms with Gasteiger partial charge in [0, 0.05) is 35.4 Å². The van der Waals surface area contributed by atoms with Crippen LogP contribution < -0.4 is 5.32 Å². The highest BCUT2D eigenvalue weighted by Crippen LogP contribution is 2.30. The minimum absolute atomic E-state index is 0.202. The molecule has 1 aromatic heterocycles. The van der Waals surface area contributed by atoms with E-state index in [0.29, 0.717) is 17.5 Å². The molecule has 4 nitrogen and oxygen atoms in total. The van der Waals surface area contributed by atoms with Crippen molar-refractivity contribution in [2.24, 2.45) is 0 Å². The molecule has 0 radical (unpaired) electrons. The highest BCUT2D eigenvalue weighted by atomic mass is 32.2. The Morgan fingerprint density at radius 3 is 2.62 bits per heavy atom. The second kappa shape index (κ2) is 6.36. The summed E-state index contributed by atoms with van der Waals surface area (Å²) in [7, 11) is -3.32. The third-order valence-corrected chi connectivity index (χ3v) is 7.51. The fourth-order valence-electron chi connectivity index (χ4n) is 3.07. The molecule has 1 heterocycles. The monoisotopic (exact) mass is 328 g/mol. The zero-order valence-corrected chi connectivity index (χ0v) is 14.2. The van der Waals surface area contributed by atoms with E-state index in [-0.39, 0.29) is 6.04 Å². The van der Waals surface area contributed by atoms with Gasteiger partial charge in [-0.25, -0.2) is 8.42 Å². The topological polar surface area (TPSA) is 49.4 Å². The van der Waals surface area contributed by atoms with Gasteiger partial charge in [-0.2, -0.15) is 4.31 Å². The summed E-state index contributed by atoms with van der Waals surface area (Å²) in [4.78, 5) is 1.59. The van der Waals surface area contributed by atoms with Crippen molar-refractivity contribution in [3.8, 4) is 0 Å². The van der Waals surface area contributed by atoms with Crippen LogP contribution in [0, 0.1) is 0 Å². The van der Waals surface area contributed by atoms with Gasteiger partial charge < -0.3 is 5.32 Å². The zero-order chi connectivity index (χ0) is 14.9. The number of rotatable bonds is 7. The van der Waals surface area contributed by atoms with Crippen LogP contribution in [0.25, 0.3) is 0 Å². The zero-order valence-electron chi connectivity index (χ0n) is 12.5. The third kappa shape index (κ3) is 3.50. The lowest BCUT2D eigenvalue weighted by atomic mass is 10.2. The molecule has 2 fully saturated rings. The Balaban J connectivity index is 1.72. The quantitative estimate of drug-likeness (QED) is 0.837. The summed E-state index contributed by atoms with van der Waals surface area (Å²) in [6.07, 6.45) is 6.82. The fourth-order valence-corrected chi connectivity index (χ4v) is 5.98. The minimum atomic E-state index is -3.32. The molecule has 1 N–H and O–H groups in total. The molecule has 0 bridgehead atoms. The lowest BCUT2D eigenvalue weighted by molar-refractivity contribution is 0.335. The molecule has 0 saturated heterocycles. The van der Waals surface area contributed by atoms with E-state index in [0.717, 1.165) is 37.1 Å². The van der Waals surface area contributed by atoms with Gasteiger partial charge in [-0.3, -0.25) is 0 Å². The molecule has 0 unspecified atom stereocenters. The molecule has 0 amide bonds. The van der Waals surface area contributed by atoms with Gasteiger partial charge in [0.25, 0.3) is 0 Å². The van der Waals surface area contributed by atoms with Gasteiger partial charge in [-0.15, -0.1) is 11.3 Å². The Morgan fingerprint density at radius 1 is 1.29 bits per heavy atom. The average Bonchev–Trinajstić information content (AvgIpc) is 2.93. The van der Waals surface area contributed by atoms with Crippen LogP contribution in [-0.2, 0) is 16.6 Å². The van der Waals surface area contributed by atoms with Gasteiger partial charge in [0.2, 0.25) is 10.0 Å². The maximum Gasteiger partial charge on any atom is 0.244 e. The number of nitrogens with one attached hydrogen (secondary N) is 1. The summed E-state index contributed by atoms with van der Waals surface area (Å²) in [6, 6.07) is 2.71. The molecule has 2 aliphatic rings. The fraction of sp³-hybridized carbons (Fsp3) is 0.733. The summed E-state index contributed by atoms with van der Waals surface area (Å²) < 4.78 is 27.4. The summed E-state index contributed by atoms with van der Waals surface area (Å²) in [5.74, 6) is 0.